The van der Waals surface area contributed by atoms with E-state index in [0.717, 1.165) is 28.2 Å². The fourth-order valence-corrected chi connectivity index (χ4v) is 4.30. The molecule has 4 rings (SSSR count). The van der Waals surface area contributed by atoms with Crippen molar-refractivity contribution in [3.63, 3.8) is 0 Å². The van der Waals surface area contributed by atoms with Crippen LogP contribution in [0.5, 0.6) is 0 Å². The Labute approximate surface area is 159 Å². The minimum atomic E-state index is -0.107. The minimum absolute atomic E-state index is 0.107. The van der Waals surface area contributed by atoms with Crippen molar-refractivity contribution >= 4 is 40.2 Å². The third-order valence-electron chi connectivity index (χ3n) is 3.89. The molecule has 0 atom stereocenters. The summed E-state index contributed by atoms with van der Waals surface area (Å²) in [7, 11) is 0. The third-order valence-corrected chi connectivity index (χ3v) is 5.73. The topological polar surface area (TPSA) is 58.4 Å². The van der Waals surface area contributed by atoms with Crippen molar-refractivity contribution in [1.29, 1.82) is 0 Å². The van der Waals surface area contributed by atoms with Crippen molar-refractivity contribution in [2.24, 2.45) is 0 Å². The van der Waals surface area contributed by atoms with Crippen LogP contribution in [0.3, 0.4) is 0 Å². The van der Waals surface area contributed by atoms with Gasteiger partial charge < -0.3 is 9.73 Å². The SMILES string of the molecule is O=C(c1ccco1)N1CCS/C1=C/c1csc(NCc2ccccc2)n1. The molecule has 5 nitrogen and oxygen atoms in total. The van der Waals surface area contributed by atoms with Gasteiger partial charge in [-0.15, -0.1) is 23.1 Å². The summed E-state index contributed by atoms with van der Waals surface area (Å²) >= 11 is 3.22. The lowest BCUT2D eigenvalue weighted by molar-refractivity contribution is 0.0800. The fraction of sp³-hybridized carbons (Fsp3) is 0.158. The zero-order valence-corrected chi connectivity index (χ0v) is 15.6. The van der Waals surface area contributed by atoms with E-state index in [0.29, 0.717) is 12.3 Å². The first-order valence-corrected chi connectivity index (χ1v) is 10.1. The molecule has 1 aliphatic rings. The van der Waals surface area contributed by atoms with Crippen molar-refractivity contribution in [1.82, 2.24) is 9.88 Å². The van der Waals surface area contributed by atoms with Crippen LogP contribution in [-0.2, 0) is 6.54 Å². The van der Waals surface area contributed by atoms with Crippen molar-refractivity contribution in [2.75, 3.05) is 17.6 Å². The number of hydrogen-bond donors (Lipinski definition) is 1. The maximum atomic E-state index is 12.5. The Bertz CT molecular complexity index is 904. The molecular formula is C19H17N3O2S2. The van der Waals surface area contributed by atoms with E-state index in [1.54, 1.807) is 40.1 Å². The minimum Gasteiger partial charge on any atom is -0.459 e. The monoisotopic (exact) mass is 383 g/mol. The van der Waals surface area contributed by atoms with Gasteiger partial charge in [-0.2, -0.15) is 0 Å². The van der Waals surface area contributed by atoms with Crippen molar-refractivity contribution in [2.45, 2.75) is 6.54 Å². The summed E-state index contributed by atoms with van der Waals surface area (Å²) in [4.78, 5) is 18.9. The third kappa shape index (κ3) is 3.84. The van der Waals surface area contributed by atoms with E-state index >= 15 is 0 Å². The van der Waals surface area contributed by atoms with Crippen LogP contribution in [0.15, 0.2) is 63.6 Å². The van der Waals surface area contributed by atoms with Gasteiger partial charge in [-0.1, -0.05) is 30.3 Å². The second-order valence-corrected chi connectivity index (χ2v) is 7.66. The van der Waals surface area contributed by atoms with Crippen LogP contribution in [0, 0.1) is 0 Å². The summed E-state index contributed by atoms with van der Waals surface area (Å²) < 4.78 is 5.23. The second kappa shape index (κ2) is 7.80. The van der Waals surface area contributed by atoms with Crippen LogP contribution in [-0.4, -0.2) is 28.1 Å². The maximum Gasteiger partial charge on any atom is 0.294 e. The van der Waals surface area contributed by atoms with E-state index in [-0.39, 0.29) is 5.91 Å². The molecule has 3 heterocycles. The molecule has 132 valence electrons. The Morgan fingerprint density at radius 3 is 2.96 bits per heavy atom. The number of benzene rings is 1. The Hall–Kier alpha value is -2.51. The molecule has 0 radical (unpaired) electrons. The smallest absolute Gasteiger partial charge is 0.294 e. The van der Waals surface area contributed by atoms with Crippen LogP contribution in [0.2, 0.25) is 0 Å². The molecule has 1 saturated heterocycles. The van der Waals surface area contributed by atoms with Gasteiger partial charge in [0.15, 0.2) is 10.9 Å². The normalized spacial score (nSPS) is 15.5. The molecular weight excluding hydrogens is 366 g/mol. The maximum absolute atomic E-state index is 12.5. The van der Waals surface area contributed by atoms with E-state index in [9.17, 15) is 4.79 Å². The van der Waals surface area contributed by atoms with E-state index in [1.807, 2.05) is 29.7 Å². The average molecular weight is 383 g/mol. The number of anilines is 1. The van der Waals surface area contributed by atoms with Crippen molar-refractivity contribution < 1.29 is 9.21 Å². The molecule has 0 saturated carbocycles. The number of carbonyl (C=O) groups is 1. The molecule has 3 aromatic rings. The number of nitrogens with zero attached hydrogens (tertiary/aromatic N) is 2. The Morgan fingerprint density at radius 2 is 2.15 bits per heavy atom. The van der Waals surface area contributed by atoms with Gasteiger partial charge in [0.2, 0.25) is 0 Å². The van der Waals surface area contributed by atoms with Gasteiger partial charge in [-0.3, -0.25) is 9.69 Å². The molecule has 1 fully saturated rings. The molecule has 0 unspecified atom stereocenters. The number of carbonyl (C=O) groups excluding carboxylic acids is 1. The number of nitrogens with one attached hydrogen (secondary N) is 1. The average Bonchev–Trinajstić information content (AvgIpc) is 3.43. The lowest BCUT2D eigenvalue weighted by Crippen LogP contribution is -2.26. The highest BCUT2D eigenvalue weighted by Gasteiger charge is 2.27. The van der Waals surface area contributed by atoms with Gasteiger partial charge >= 0.3 is 0 Å². The number of thiazole rings is 1. The highest BCUT2D eigenvalue weighted by atomic mass is 32.2. The van der Waals surface area contributed by atoms with Crippen LogP contribution in [0.25, 0.3) is 6.08 Å². The second-order valence-electron chi connectivity index (χ2n) is 5.68. The molecule has 2 aromatic heterocycles. The predicted octanol–water partition coefficient (Wildman–Crippen LogP) is 4.54. The standard InChI is InChI=1S/C19H17N3O2S2/c23-18(16-7-4-9-24-16)22-8-10-25-17(22)11-15-13-26-19(21-15)20-12-14-5-2-1-3-6-14/h1-7,9,11,13H,8,10,12H2,(H,20,21)/b17-11+. The number of rotatable bonds is 5. The fourth-order valence-electron chi connectivity index (χ4n) is 2.62. The number of thioether (sulfide) groups is 1. The molecule has 7 heteroatoms. The van der Waals surface area contributed by atoms with Gasteiger partial charge in [0.1, 0.15) is 0 Å². The summed E-state index contributed by atoms with van der Waals surface area (Å²) in [6.45, 7) is 1.42. The first-order valence-electron chi connectivity index (χ1n) is 8.23. The molecule has 1 amide bonds. The molecule has 1 N–H and O–H groups in total. The van der Waals surface area contributed by atoms with Crippen LogP contribution in [0.1, 0.15) is 21.8 Å². The largest absolute Gasteiger partial charge is 0.459 e. The van der Waals surface area contributed by atoms with Gasteiger partial charge in [0.25, 0.3) is 5.91 Å². The van der Waals surface area contributed by atoms with Gasteiger partial charge in [0.05, 0.1) is 17.0 Å². The molecule has 1 aliphatic heterocycles. The van der Waals surface area contributed by atoms with Gasteiger partial charge in [-0.25, -0.2) is 4.98 Å². The van der Waals surface area contributed by atoms with Gasteiger partial charge in [-0.05, 0) is 23.8 Å². The number of hydrogen-bond acceptors (Lipinski definition) is 6. The van der Waals surface area contributed by atoms with E-state index in [2.05, 4.69) is 22.4 Å². The highest BCUT2D eigenvalue weighted by molar-refractivity contribution is 8.03. The zero-order valence-electron chi connectivity index (χ0n) is 13.9. The molecule has 26 heavy (non-hydrogen) atoms. The summed E-state index contributed by atoms with van der Waals surface area (Å²) in [5, 5.41) is 7.11. The van der Waals surface area contributed by atoms with E-state index in [1.165, 1.54) is 11.8 Å². The number of furan rings is 1. The lowest BCUT2D eigenvalue weighted by Gasteiger charge is -2.14. The van der Waals surface area contributed by atoms with Gasteiger partial charge in [0, 0.05) is 24.2 Å². The van der Waals surface area contributed by atoms with Crippen molar-refractivity contribution in [3.8, 4) is 0 Å². The number of aromatic nitrogens is 1. The number of amides is 1. The summed E-state index contributed by atoms with van der Waals surface area (Å²) in [6.07, 6.45) is 3.48. The highest BCUT2D eigenvalue weighted by Crippen LogP contribution is 2.32. The summed E-state index contributed by atoms with van der Waals surface area (Å²) in [5.41, 5.74) is 2.07. The molecule has 0 spiro atoms. The Kier molecular flexibility index (Phi) is 5.08. The molecule has 1 aromatic carbocycles. The van der Waals surface area contributed by atoms with Crippen LogP contribution >= 0.6 is 23.1 Å². The van der Waals surface area contributed by atoms with Crippen LogP contribution in [0.4, 0.5) is 5.13 Å². The molecule has 0 aliphatic carbocycles. The first kappa shape index (κ1) is 16.9. The summed E-state index contributed by atoms with van der Waals surface area (Å²) in [6, 6.07) is 13.6. The van der Waals surface area contributed by atoms with Crippen LogP contribution < -0.4 is 5.32 Å². The Morgan fingerprint density at radius 1 is 1.27 bits per heavy atom. The molecule has 0 bridgehead atoms. The van der Waals surface area contributed by atoms with E-state index in [4.69, 9.17) is 4.42 Å². The Balaban J connectivity index is 1.44. The quantitative estimate of drug-likeness (QED) is 0.701. The predicted molar refractivity (Wildman–Crippen MR) is 106 cm³/mol. The zero-order chi connectivity index (χ0) is 17.8. The lowest BCUT2D eigenvalue weighted by atomic mass is 10.2. The van der Waals surface area contributed by atoms with E-state index < -0.39 is 0 Å². The summed E-state index contributed by atoms with van der Waals surface area (Å²) in [5.74, 6) is 1.13. The van der Waals surface area contributed by atoms with Crippen molar-refractivity contribution in [3.05, 3.63) is 76.2 Å². The first-order chi connectivity index (χ1) is 12.8.